The number of rotatable bonds is 7. The topological polar surface area (TPSA) is 61.4 Å². The van der Waals surface area contributed by atoms with Crippen LogP contribution < -0.4 is 10.6 Å². The molecule has 25 heavy (non-hydrogen) atoms. The smallest absolute Gasteiger partial charge is 0.222 e. The van der Waals surface area contributed by atoms with Crippen LogP contribution in [-0.4, -0.2) is 36.3 Å². The van der Waals surface area contributed by atoms with Crippen LogP contribution in [0.1, 0.15) is 43.2 Å². The van der Waals surface area contributed by atoms with Gasteiger partial charge in [0.15, 0.2) is 0 Å². The summed E-state index contributed by atoms with van der Waals surface area (Å²) in [5.41, 5.74) is 2.23. The quantitative estimate of drug-likeness (QED) is 0.779. The van der Waals surface area contributed by atoms with Gasteiger partial charge >= 0.3 is 0 Å². The Bertz CT molecular complexity index is 588. The van der Waals surface area contributed by atoms with E-state index in [4.69, 9.17) is 0 Å². The molecule has 1 aromatic carbocycles. The molecule has 2 heterocycles. The van der Waals surface area contributed by atoms with Crippen molar-refractivity contribution in [2.75, 3.05) is 19.6 Å². The van der Waals surface area contributed by atoms with Gasteiger partial charge in [-0.3, -0.25) is 9.59 Å². The van der Waals surface area contributed by atoms with Gasteiger partial charge in [-0.2, -0.15) is 0 Å². The van der Waals surface area contributed by atoms with Crippen LogP contribution in [0.5, 0.6) is 0 Å². The first-order chi connectivity index (χ1) is 11.7. The molecule has 2 fully saturated rings. The standard InChI is InChI=1S/C19H27N3O2.ClH/c23-18(7-6-15-8-9-20-12-15)21-13-16-3-1-4-17(11-16)14-22-10-2-5-19(22)24;/h1,3-4,11,15,20H,2,5-10,12-14H2,(H,21,23);1H. The van der Waals surface area contributed by atoms with Gasteiger partial charge in [0.1, 0.15) is 0 Å². The molecule has 0 spiro atoms. The Hall–Kier alpha value is -1.59. The Morgan fingerprint density at radius 2 is 2.16 bits per heavy atom. The molecule has 5 nitrogen and oxygen atoms in total. The van der Waals surface area contributed by atoms with E-state index in [2.05, 4.69) is 16.7 Å². The lowest BCUT2D eigenvalue weighted by atomic mass is 10.0. The number of hydrogen-bond donors (Lipinski definition) is 2. The maximum Gasteiger partial charge on any atom is 0.222 e. The minimum atomic E-state index is 0. The van der Waals surface area contributed by atoms with Crippen molar-refractivity contribution >= 4 is 24.2 Å². The van der Waals surface area contributed by atoms with E-state index in [0.717, 1.165) is 43.6 Å². The number of hydrogen-bond acceptors (Lipinski definition) is 3. The molecule has 3 rings (SSSR count). The lowest BCUT2D eigenvalue weighted by molar-refractivity contribution is -0.128. The van der Waals surface area contributed by atoms with E-state index >= 15 is 0 Å². The third kappa shape index (κ3) is 6.01. The number of nitrogens with zero attached hydrogens (tertiary/aromatic N) is 1. The lowest BCUT2D eigenvalue weighted by Crippen LogP contribution is -2.25. The first kappa shape index (κ1) is 19.7. The summed E-state index contributed by atoms with van der Waals surface area (Å²) in [7, 11) is 0. The minimum absolute atomic E-state index is 0. The fourth-order valence-electron chi connectivity index (χ4n) is 3.51. The summed E-state index contributed by atoms with van der Waals surface area (Å²) < 4.78 is 0. The molecule has 0 radical (unpaired) electrons. The second kappa shape index (κ2) is 9.78. The van der Waals surface area contributed by atoms with Gasteiger partial charge in [-0.1, -0.05) is 24.3 Å². The van der Waals surface area contributed by atoms with Crippen molar-refractivity contribution in [2.24, 2.45) is 5.92 Å². The predicted octanol–water partition coefficient (Wildman–Crippen LogP) is 2.24. The van der Waals surface area contributed by atoms with Crippen LogP contribution in [0, 0.1) is 5.92 Å². The molecule has 1 atom stereocenters. The monoisotopic (exact) mass is 365 g/mol. The molecule has 6 heteroatoms. The second-order valence-corrected chi connectivity index (χ2v) is 6.91. The van der Waals surface area contributed by atoms with Gasteiger partial charge in [0.2, 0.25) is 11.8 Å². The highest BCUT2D eigenvalue weighted by molar-refractivity contribution is 5.85. The fourth-order valence-corrected chi connectivity index (χ4v) is 3.51. The summed E-state index contributed by atoms with van der Waals surface area (Å²) in [6.07, 6.45) is 4.40. The molecule has 138 valence electrons. The lowest BCUT2D eigenvalue weighted by Gasteiger charge is -2.16. The van der Waals surface area contributed by atoms with Crippen LogP contribution in [0.3, 0.4) is 0 Å². The highest BCUT2D eigenvalue weighted by atomic mass is 35.5. The molecule has 2 aliphatic heterocycles. The van der Waals surface area contributed by atoms with Gasteiger partial charge in [0.25, 0.3) is 0 Å². The first-order valence-electron chi connectivity index (χ1n) is 9.04. The number of nitrogens with one attached hydrogen (secondary N) is 2. The molecule has 0 aliphatic carbocycles. The average molecular weight is 366 g/mol. The SMILES string of the molecule is Cl.O=C(CCC1CCNC1)NCc1cccc(CN2CCCC2=O)c1. The molecule has 2 amide bonds. The molecule has 2 saturated heterocycles. The van der Waals surface area contributed by atoms with Crippen molar-refractivity contribution in [1.29, 1.82) is 0 Å². The number of likely N-dealkylation sites (tertiary alicyclic amines) is 1. The minimum Gasteiger partial charge on any atom is -0.352 e. The first-order valence-corrected chi connectivity index (χ1v) is 9.04. The third-order valence-electron chi connectivity index (χ3n) is 4.97. The summed E-state index contributed by atoms with van der Waals surface area (Å²) in [6.45, 7) is 4.22. The molecule has 0 bridgehead atoms. The normalized spacial score (nSPS) is 19.8. The zero-order valence-corrected chi connectivity index (χ0v) is 15.4. The second-order valence-electron chi connectivity index (χ2n) is 6.91. The largest absolute Gasteiger partial charge is 0.352 e. The number of benzene rings is 1. The van der Waals surface area contributed by atoms with Crippen molar-refractivity contribution in [3.8, 4) is 0 Å². The Morgan fingerprint density at radius 3 is 2.88 bits per heavy atom. The zero-order valence-electron chi connectivity index (χ0n) is 14.6. The summed E-state index contributed by atoms with van der Waals surface area (Å²) in [5, 5.41) is 6.35. The fraction of sp³-hybridized carbons (Fsp3) is 0.579. The molecular weight excluding hydrogens is 338 g/mol. The number of halogens is 1. The van der Waals surface area contributed by atoms with Crippen molar-refractivity contribution in [2.45, 2.75) is 45.2 Å². The Morgan fingerprint density at radius 1 is 1.32 bits per heavy atom. The van der Waals surface area contributed by atoms with Crippen LogP contribution >= 0.6 is 12.4 Å². The Kier molecular flexibility index (Phi) is 7.72. The number of amides is 2. The van der Waals surface area contributed by atoms with Crippen LogP contribution in [0.4, 0.5) is 0 Å². The molecule has 0 aromatic heterocycles. The van der Waals surface area contributed by atoms with Gasteiger partial charge in [0, 0.05) is 32.5 Å². The number of carbonyl (C=O) groups is 2. The van der Waals surface area contributed by atoms with Gasteiger partial charge in [-0.15, -0.1) is 12.4 Å². The van der Waals surface area contributed by atoms with Crippen molar-refractivity contribution in [1.82, 2.24) is 15.5 Å². The summed E-state index contributed by atoms with van der Waals surface area (Å²) in [5.74, 6) is 1.02. The highest BCUT2D eigenvalue weighted by Crippen LogP contribution is 2.16. The molecule has 2 aliphatic rings. The summed E-state index contributed by atoms with van der Waals surface area (Å²) in [6, 6.07) is 8.16. The maximum atomic E-state index is 12.0. The average Bonchev–Trinajstić information content (AvgIpc) is 3.24. The molecule has 1 unspecified atom stereocenters. The Balaban J connectivity index is 0.00000225. The van der Waals surface area contributed by atoms with E-state index < -0.39 is 0 Å². The van der Waals surface area contributed by atoms with Gasteiger partial charge in [-0.05, 0) is 49.4 Å². The predicted molar refractivity (Wildman–Crippen MR) is 100 cm³/mol. The van der Waals surface area contributed by atoms with E-state index in [9.17, 15) is 9.59 Å². The maximum absolute atomic E-state index is 12.0. The molecule has 0 saturated carbocycles. The zero-order chi connectivity index (χ0) is 16.8. The van der Waals surface area contributed by atoms with Gasteiger partial charge < -0.3 is 15.5 Å². The highest BCUT2D eigenvalue weighted by Gasteiger charge is 2.20. The third-order valence-corrected chi connectivity index (χ3v) is 4.97. The van der Waals surface area contributed by atoms with Crippen LogP contribution in [0.25, 0.3) is 0 Å². The van der Waals surface area contributed by atoms with Crippen molar-refractivity contribution < 1.29 is 9.59 Å². The van der Waals surface area contributed by atoms with Crippen LogP contribution in [-0.2, 0) is 22.7 Å². The van der Waals surface area contributed by atoms with E-state index in [1.54, 1.807) is 0 Å². The number of carbonyl (C=O) groups excluding carboxylic acids is 2. The van der Waals surface area contributed by atoms with E-state index in [1.807, 2.05) is 23.1 Å². The molecular formula is C19H28ClN3O2. The van der Waals surface area contributed by atoms with E-state index in [-0.39, 0.29) is 24.2 Å². The van der Waals surface area contributed by atoms with Crippen LogP contribution in [0.2, 0.25) is 0 Å². The van der Waals surface area contributed by atoms with Crippen molar-refractivity contribution in [3.05, 3.63) is 35.4 Å². The molecule has 2 N–H and O–H groups in total. The Labute approximate surface area is 155 Å². The van der Waals surface area contributed by atoms with E-state index in [0.29, 0.717) is 31.8 Å². The van der Waals surface area contributed by atoms with Gasteiger partial charge in [-0.25, -0.2) is 0 Å². The van der Waals surface area contributed by atoms with Gasteiger partial charge in [0.05, 0.1) is 0 Å². The van der Waals surface area contributed by atoms with Crippen LogP contribution in [0.15, 0.2) is 24.3 Å². The van der Waals surface area contributed by atoms with Crippen molar-refractivity contribution in [3.63, 3.8) is 0 Å². The summed E-state index contributed by atoms with van der Waals surface area (Å²) >= 11 is 0. The molecule has 1 aromatic rings. The summed E-state index contributed by atoms with van der Waals surface area (Å²) in [4.78, 5) is 25.6. The van der Waals surface area contributed by atoms with E-state index in [1.165, 1.54) is 6.42 Å².